The van der Waals surface area contributed by atoms with Crippen LogP contribution in [0.15, 0.2) is 0 Å². The van der Waals surface area contributed by atoms with E-state index in [1.807, 2.05) is 20.8 Å². The van der Waals surface area contributed by atoms with Gasteiger partial charge in [0.15, 0.2) is 0 Å². The number of unbranched alkanes of at least 4 members (excludes halogenated alkanes) is 1. The molecule has 1 radical (unpaired) electrons. The summed E-state index contributed by atoms with van der Waals surface area (Å²) >= 11 is 0. The lowest BCUT2D eigenvalue weighted by Crippen LogP contribution is -2.50. The second-order valence-corrected chi connectivity index (χ2v) is 5.52. The van der Waals surface area contributed by atoms with Gasteiger partial charge in [-0.3, -0.25) is 4.90 Å². The Morgan fingerprint density at radius 1 is 1.24 bits per heavy atom. The summed E-state index contributed by atoms with van der Waals surface area (Å²) < 4.78 is 5.35. The number of hydrogen-bond donors (Lipinski definition) is 0. The Morgan fingerprint density at radius 3 is 2.29 bits per heavy atom. The molecule has 4 nitrogen and oxygen atoms in total. The van der Waals surface area contributed by atoms with E-state index in [4.69, 9.17) is 4.74 Å². The molecular weight excluding hydrogens is 216 g/mol. The van der Waals surface area contributed by atoms with Crippen LogP contribution in [0.1, 0.15) is 33.6 Å². The molecule has 1 fully saturated rings. The fourth-order valence-corrected chi connectivity index (χ4v) is 1.82. The van der Waals surface area contributed by atoms with E-state index in [9.17, 15) is 4.79 Å². The smallest absolute Gasteiger partial charge is 0.410 e. The van der Waals surface area contributed by atoms with Crippen LogP contribution in [0.4, 0.5) is 4.79 Å². The quantitative estimate of drug-likeness (QED) is 0.759. The van der Waals surface area contributed by atoms with Crippen LogP contribution in [0.25, 0.3) is 0 Å². The van der Waals surface area contributed by atoms with E-state index >= 15 is 0 Å². The first kappa shape index (κ1) is 14.3. The SMILES string of the molecule is [CH2]CCCN1CCN(C(=O)OC(C)(C)C)CC1. The average molecular weight is 241 g/mol. The topological polar surface area (TPSA) is 32.8 Å². The van der Waals surface area contributed by atoms with Gasteiger partial charge in [-0.1, -0.05) is 13.3 Å². The van der Waals surface area contributed by atoms with E-state index in [-0.39, 0.29) is 6.09 Å². The zero-order valence-corrected chi connectivity index (χ0v) is 11.4. The second-order valence-electron chi connectivity index (χ2n) is 5.52. The Bertz CT molecular complexity index is 240. The van der Waals surface area contributed by atoms with Crippen molar-refractivity contribution in [2.75, 3.05) is 32.7 Å². The van der Waals surface area contributed by atoms with Crippen molar-refractivity contribution in [2.24, 2.45) is 0 Å². The molecule has 1 rings (SSSR count). The van der Waals surface area contributed by atoms with Crippen LogP contribution in [-0.4, -0.2) is 54.2 Å². The third-order valence-electron chi connectivity index (χ3n) is 2.75. The van der Waals surface area contributed by atoms with Crippen molar-refractivity contribution >= 4 is 6.09 Å². The van der Waals surface area contributed by atoms with Gasteiger partial charge < -0.3 is 9.64 Å². The molecule has 4 heteroatoms. The molecule has 17 heavy (non-hydrogen) atoms. The van der Waals surface area contributed by atoms with Crippen molar-refractivity contribution in [3.63, 3.8) is 0 Å². The van der Waals surface area contributed by atoms with Gasteiger partial charge in [0.25, 0.3) is 0 Å². The largest absolute Gasteiger partial charge is 0.444 e. The molecule has 0 aromatic rings. The van der Waals surface area contributed by atoms with E-state index in [0.29, 0.717) is 0 Å². The predicted molar refractivity (Wildman–Crippen MR) is 68.8 cm³/mol. The highest BCUT2D eigenvalue weighted by molar-refractivity contribution is 5.68. The Balaban J connectivity index is 2.29. The summed E-state index contributed by atoms with van der Waals surface area (Å²) in [4.78, 5) is 16.0. The van der Waals surface area contributed by atoms with Crippen LogP contribution in [0, 0.1) is 6.92 Å². The lowest BCUT2D eigenvalue weighted by molar-refractivity contribution is 0.0145. The van der Waals surface area contributed by atoms with Crippen molar-refractivity contribution in [3.8, 4) is 0 Å². The molecule has 0 aliphatic carbocycles. The molecule has 0 bridgehead atoms. The molecule has 1 amide bonds. The maximum absolute atomic E-state index is 11.8. The van der Waals surface area contributed by atoms with Gasteiger partial charge in [0.1, 0.15) is 5.60 Å². The third-order valence-corrected chi connectivity index (χ3v) is 2.75. The Morgan fingerprint density at radius 2 is 1.82 bits per heavy atom. The van der Waals surface area contributed by atoms with Crippen molar-refractivity contribution < 1.29 is 9.53 Å². The van der Waals surface area contributed by atoms with Crippen LogP contribution in [-0.2, 0) is 4.74 Å². The maximum Gasteiger partial charge on any atom is 0.410 e. The number of nitrogens with zero attached hydrogens (tertiary/aromatic N) is 2. The molecule has 0 aromatic carbocycles. The van der Waals surface area contributed by atoms with Gasteiger partial charge in [0.05, 0.1) is 0 Å². The normalized spacial score (nSPS) is 18.2. The monoisotopic (exact) mass is 241 g/mol. The first-order valence-electron chi connectivity index (χ1n) is 6.42. The molecule has 99 valence electrons. The van der Waals surface area contributed by atoms with E-state index < -0.39 is 5.60 Å². The minimum atomic E-state index is -0.401. The van der Waals surface area contributed by atoms with Crippen molar-refractivity contribution in [2.45, 2.75) is 39.2 Å². The first-order valence-corrected chi connectivity index (χ1v) is 6.42. The maximum atomic E-state index is 11.8. The van der Waals surface area contributed by atoms with Gasteiger partial charge >= 0.3 is 6.09 Å². The highest BCUT2D eigenvalue weighted by Crippen LogP contribution is 2.12. The Labute approximate surface area is 105 Å². The molecule has 0 N–H and O–H groups in total. The fourth-order valence-electron chi connectivity index (χ4n) is 1.82. The van der Waals surface area contributed by atoms with Crippen molar-refractivity contribution in [1.82, 2.24) is 9.80 Å². The minimum Gasteiger partial charge on any atom is -0.444 e. The average Bonchev–Trinajstić information content (AvgIpc) is 2.24. The lowest BCUT2D eigenvalue weighted by Gasteiger charge is -2.35. The number of piperazine rings is 1. The van der Waals surface area contributed by atoms with Gasteiger partial charge in [-0.05, 0) is 33.7 Å². The number of carbonyl (C=O) groups excluding carboxylic acids is 1. The second kappa shape index (κ2) is 6.24. The van der Waals surface area contributed by atoms with Crippen molar-refractivity contribution in [1.29, 1.82) is 0 Å². The summed E-state index contributed by atoms with van der Waals surface area (Å²) in [6.07, 6.45) is 1.92. The first-order chi connectivity index (χ1) is 7.92. The Hall–Kier alpha value is -0.770. The summed E-state index contributed by atoms with van der Waals surface area (Å²) in [5.74, 6) is 0. The molecule has 1 heterocycles. The predicted octanol–water partition coefficient (Wildman–Crippen LogP) is 2.15. The summed E-state index contributed by atoms with van der Waals surface area (Å²) in [5, 5.41) is 0. The summed E-state index contributed by atoms with van der Waals surface area (Å²) in [5.41, 5.74) is -0.401. The van der Waals surface area contributed by atoms with Crippen molar-refractivity contribution in [3.05, 3.63) is 6.92 Å². The molecule has 0 unspecified atom stereocenters. The molecule has 1 aliphatic rings. The molecule has 0 aromatic heterocycles. The number of hydrogen-bond acceptors (Lipinski definition) is 3. The summed E-state index contributed by atoms with van der Waals surface area (Å²) in [7, 11) is 0. The number of amides is 1. The lowest BCUT2D eigenvalue weighted by atomic mass is 10.2. The standard InChI is InChI=1S/C13H25N2O2/c1-5-6-7-14-8-10-15(11-9-14)12(16)17-13(2,3)4/h1,5-11H2,2-4H3. The molecular formula is C13H25N2O2. The molecule has 0 spiro atoms. The van der Waals surface area contributed by atoms with Gasteiger partial charge in [0.2, 0.25) is 0 Å². The summed E-state index contributed by atoms with van der Waals surface area (Å²) in [6, 6.07) is 0. The highest BCUT2D eigenvalue weighted by Gasteiger charge is 2.25. The highest BCUT2D eigenvalue weighted by atomic mass is 16.6. The fraction of sp³-hybridized carbons (Fsp3) is 0.846. The summed E-state index contributed by atoms with van der Waals surface area (Å²) in [6.45, 7) is 14.1. The van der Waals surface area contributed by atoms with Crippen LogP contribution >= 0.6 is 0 Å². The van der Waals surface area contributed by atoms with Gasteiger partial charge in [-0.25, -0.2) is 4.79 Å². The number of carbonyl (C=O) groups is 1. The van der Waals surface area contributed by atoms with Crippen LogP contribution in [0.2, 0.25) is 0 Å². The van der Waals surface area contributed by atoms with Crippen LogP contribution in [0.3, 0.4) is 0 Å². The van der Waals surface area contributed by atoms with E-state index in [1.165, 1.54) is 0 Å². The molecule has 0 atom stereocenters. The molecule has 1 aliphatic heterocycles. The van der Waals surface area contributed by atoms with Crippen LogP contribution < -0.4 is 0 Å². The number of ether oxygens (including phenoxy) is 1. The zero-order valence-electron chi connectivity index (χ0n) is 11.4. The Kier molecular flexibility index (Phi) is 5.25. The van der Waals surface area contributed by atoms with Gasteiger partial charge in [0, 0.05) is 26.2 Å². The minimum absolute atomic E-state index is 0.186. The zero-order chi connectivity index (χ0) is 12.9. The van der Waals surface area contributed by atoms with Gasteiger partial charge in [-0.2, -0.15) is 0 Å². The van der Waals surface area contributed by atoms with E-state index in [2.05, 4.69) is 11.8 Å². The third kappa shape index (κ3) is 5.39. The molecule has 1 saturated heterocycles. The number of rotatable bonds is 3. The molecule has 0 saturated carbocycles. The van der Waals surface area contributed by atoms with Crippen LogP contribution in [0.5, 0.6) is 0 Å². The van der Waals surface area contributed by atoms with E-state index in [1.54, 1.807) is 4.90 Å². The van der Waals surface area contributed by atoms with Gasteiger partial charge in [-0.15, -0.1) is 0 Å². The van der Waals surface area contributed by atoms with E-state index in [0.717, 1.165) is 45.6 Å².